The van der Waals surface area contributed by atoms with Crippen LogP contribution >= 0.6 is 0 Å². The summed E-state index contributed by atoms with van der Waals surface area (Å²) in [5.74, 6) is -0.370. The summed E-state index contributed by atoms with van der Waals surface area (Å²) in [6.45, 7) is 11.9. The topological polar surface area (TPSA) is 53.4 Å². The molecule has 0 saturated heterocycles. The van der Waals surface area contributed by atoms with Crippen LogP contribution in [-0.2, 0) is 20.5 Å². The number of aromatic nitrogens is 2. The first kappa shape index (κ1) is 25.9. The molecule has 0 amide bonds. The predicted octanol–water partition coefficient (Wildman–Crippen LogP) is 7.42. The molecule has 2 heterocycles. The number of hydrogen-bond acceptors (Lipinski definition) is 4. The molecule has 0 bridgehead atoms. The maximum Gasteiger partial charge on any atom is 0.330 e. The van der Waals surface area contributed by atoms with Gasteiger partial charge in [-0.25, -0.2) is 4.79 Å². The van der Waals surface area contributed by atoms with Crippen molar-refractivity contribution in [2.75, 3.05) is 7.11 Å². The molecule has 1 atom stereocenters. The highest BCUT2D eigenvalue weighted by Crippen LogP contribution is 2.42. The number of hydrogen-bond donors (Lipinski definition) is 0. The third-order valence-corrected chi connectivity index (χ3v) is 11.7. The van der Waals surface area contributed by atoms with Crippen molar-refractivity contribution in [2.45, 2.75) is 58.0 Å². The van der Waals surface area contributed by atoms with Crippen LogP contribution in [0.1, 0.15) is 44.6 Å². The Morgan fingerprint density at radius 2 is 1.72 bits per heavy atom. The number of carbonyl (C=O) groups is 1. The lowest BCUT2D eigenvalue weighted by atomic mass is 10.1. The summed E-state index contributed by atoms with van der Waals surface area (Å²) < 4.78 is 14.1. The van der Waals surface area contributed by atoms with E-state index >= 15 is 0 Å². The van der Waals surface area contributed by atoms with Crippen LogP contribution in [-0.4, -0.2) is 30.9 Å². The summed E-state index contributed by atoms with van der Waals surface area (Å²) in [6, 6.07) is 21.1. The Bertz CT molecular complexity index is 1380. The van der Waals surface area contributed by atoms with Gasteiger partial charge in [-0.3, -0.25) is 4.98 Å². The minimum Gasteiger partial charge on any atom is -0.466 e. The Kier molecular flexibility index (Phi) is 7.48. The second-order valence-electron chi connectivity index (χ2n) is 10.7. The van der Waals surface area contributed by atoms with Gasteiger partial charge in [-0.2, -0.15) is 0 Å². The van der Waals surface area contributed by atoms with Crippen LogP contribution in [0.25, 0.3) is 21.8 Å². The Labute approximate surface area is 214 Å². The lowest BCUT2D eigenvalue weighted by molar-refractivity contribution is -0.134. The SMILES string of the molecule is COC(=O)/C=C/CC(O[Si](C)(C)C(C)(C)C)c1nccc2c3ccccc3n(Cc3ccccc3)c12. The van der Waals surface area contributed by atoms with Gasteiger partial charge in [0.15, 0.2) is 8.32 Å². The zero-order chi connectivity index (χ0) is 25.9. The summed E-state index contributed by atoms with van der Waals surface area (Å²) in [4.78, 5) is 16.7. The monoisotopic (exact) mass is 500 g/mol. The summed E-state index contributed by atoms with van der Waals surface area (Å²) in [6.07, 6.45) is 5.42. The van der Waals surface area contributed by atoms with Gasteiger partial charge in [-0.05, 0) is 42.2 Å². The van der Waals surface area contributed by atoms with E-state index in [1.807, 2.05) is 18.3 Å². The number of pyridine rings is 1. The van der Waals surface area contributed by atoms with E-state index in [-0.39, 0.29) is 17.1 Å². The van der Waals surface area contributed by atoms with Crippen molar-refractivity contribution in [1.29, 1.82) is 0 Å². The molecule has 4 aromatic rings. The van der Waals surface area contributed by atoms with Crippen LogP contribution in [0.3, 0.4) is 0 Å². The molecule has 4 rings (SSSR count). The van der Waals surface area contributed by atoms with Crippen molar-refractivity contribution >= 4 is 36.1 Å². The molecule has 0 spiro atoms. The van der Waals surface area contributed by atoms with Crippen molar-refractivity contribution in [2.24, 2.45) is 0 Å². The minimum atomic E-state index is -2.15. The fourth-order valence-electron chi connectivity index (χ4n) is 4.30. The van der Waals surface area contributed by atoms with E-state index in [0.717, 1.165) is 23.1 Å². The second kappa shape index (κ2) is 10.4. The number of fused-ring (bicyclic) bond motifs is 3. The molecule has 0 aliphatic carbocycles. The first-order valence-electron chi connectivity index (χ1n) is 12.4. The average Bonchev–Trinajstić information content (AvgIpc) is 3.17. The van der Waals surface area contributed by atoms with E-state index in [1.54, 1.807) is 0 Å². The molecule has 2 aromatic heterocycles. The average molecular weight is 501 g/mol. The molecule has 5 nitrogen and oxygen atoms in total. The summed E-state index contributed by atoms with van der Waals surface area (Å²) in [5, 5.41) is 2.39. The molecular formula is C30H36N2O3Si. The molecule has 0 radical (unpaired) electrons. The molecule has 188 valence electrons. The molecule has 0 N–H and O–H groups in total. The van der Waals surface area contributed by atoms with Crippen molar-refractivity contribution in [3.8, 4) is 0 Å². The van der Waals surface area contributed by atoms with Gasteiger partial charge in [0.25, 0.3) is 0 Å². The van der Waals surface area contributed by atoms with E-state index in [4.69, 9.17) is 14.1 Å². The number of rotatable bonds is 8. The van der Waals surface area contributed by atoms with Gasteiger partial charge in [-0.15, -0.1) is 0 Å². The van der Waals surface area contributed by atoms with Crippen LogP contribution in [0.4, 0.5) is 0 Å². The third-order valence-electron chi connectivity index (χ3n) is 7.24. The highest BCUT2D eigenvalue weighted by molar-refractivity contribution is 6.74. The Morgan fingerprint density at radius 1 is 1.03 bits per heavy atom. The molecular weight excluding hydrogens is 464 g/mol. The van der Waals surface area contributed by atoms with Crippen molar-refractivity contribution in [3.05, 3.63) is 90.3 Å². The van der Waals surface area contributed by atoms with Crippen molar-refractivity contribution < 1.29 is 14.0 Å². The predicted molar refractivity (Wildman–Crippen MR) is 150 cm³/mol. The normalized spacial score (nSPS) is 13.5. The molecule has 0 aliphatic heterocycles. The number of ether oxygens (including phenoxy) is 1. The lowest BCUT2D eigenvalue weighted by Gasteiger charge is -2.39. The zero-order valence-corrected chi connectivity index (χ0v) is 23.1. The van der Waals surface area contributed by atoms with Crippen LogP contribution in [0.5, 0.6) is 0 Å². The minimum absolute atomic E-state index is 0.0297. The Balaban J connectivity index is 1.91. The van der Waals surface area contributed by atoms with E-state index < -0.39 is 8.32 Å². The summed E-state index contributed by atoms with van der Waals surface area (Å²) >= 11 is 0. The second-order valence-corrected chi connectivity index (χ2v) is 15.5. The molecule has 36 heavy (non-hydrogen) atoms. The molecule has 0 saturated carbocycles. The number of methoxy groups -OCH3 is 1. The van der Waals surface area contributed by atoms with E-state index in [0.29, 0.717) is 6.42 Å². The zero-order valence-electron chi connectivity index (χ0n) is 22.1. The van der Waals surface area contributed by atoms with Crippen LogP contribution in [0.15, 0.2) is 79.0 Å². The smallest absolute Gasteiger partial charge is 0.330 e. The van der Waals surface area contributed by atoms with Gasteiger partial charge >= 0.3 is 5.97 Å². The van der Waals surface area contributed by atoms with Crippen molar-refractivity contribution in [3.63, 3.8) is 0 Å². The van der Waals surface area contributed by atoms with Crippen LogP contribution in [0, 0.1) is 0 Å². The maximum absolute atomic E-state index is 11.8. The fourth-order valence-corrected chi connectivity index (χ4v) is 5.57. The van der Waals surface area contributed by atoms with E-state index in [1.165, 1.54) is 29.7 Å². The largest absolute Gasteiger partial charge is 0.466 e. The molecule has 6 heteroatoms. The van der Waals surface area contributed by atoms with Crippen LogP contribution in [0.2, 0.25) is 18.1 Å². The van der Waals surface area contributed by atoms with E-state index in [9.17, 15) is 4.79 Å². The standard InChI is InChI=1S/C30H36N2O3Si/c1-30(2,3)36(5,6)35-26(17-12-18-27(33)34-4)28-29-24(19-20-31-28)23-15-10-11-16-25(23)32(29)21-22-13-8-7-9-14-22/h7-16,18-20,26H,17,21H2,1-6H3/b18-12+. The van der Waals surface area contributed by atoms with Crippen LogP contribution < -0.4 is 0 Å². The Hall–Kier alpha value is -3.22. The quantitative estimate of drug-likeness (QED) is 0.143. The highest BCUT2D eigenvalue weighted by atomic mass is 28.4. The molecule has 2 aromatic carbocycles. The number of esters is 1. The number of carbonyl (C=O) groups excluding carboxylic acids is 1. The fraction of sp³-hybridized carbons (Fsp3) is 0.333. The van der Waals surface area contributed by atoms with Gasteiger partial charge < -0.3 is 13.7 Å². The van der Waals surface area contributed by atoms with Gasteiger partial charge in [0.1, 0.15) is 0 Å². The maximum atomic E-state index is 11.8. The number of para-hydroxylation sites is 1. The Morgan fingerprint density at radius 3 is 2.42 bits per heavy atom. The van der Waals surface area contributed by atoms with E-state index in [2.05, 4.69) is 93.0 Å². The van der Waals surface area contributed by atoms with Gasteiger partial charge in [0, 0.05) is 35.1 Å². The summed E-state index contributed by atoms with van der Waals surface area (Å²) in [5.41, 5.74) is 4.38. The first-order valence-corrected chi connectivity index (χ1v) is 15.4. The molecule has 0 aliphatic rings. The summed E-state index contributed by atoms with van der Waals surface area (Å²) in [7, 11) is -0.764. The van der Waals surface area contributed by atoms with Gasteiger partial charge in [0.2, 0.25) is 0 Å². The molecule has 1 unspecified atom stereocenters. The van der Waals surface area contributed by atoms with Crippen molar-refractivity contribution in [1.82, 2.24) is 9.55 Å². The molecule has 0 fully saturated rings. The first-order chi connectivity index (χ1) is 17.1. The van der Waals surface area contributed by atoms with Gasteiger partial charge in [0.05, 0.1) is 24.4 Å². The third kappa shape index (κ3) is 5.30. The lowest BCUT2D eigenvalue weighted by Crippen LogP contribution is -2.42. The number of nitrogens with zero attached hydrogens (tertiary/aromatic N) is 2. The van der Waals surface area contributed by atoms with Gasteiger partial charge in [-0.1, -0.05) is 75.4 Å². The number of benzene rings is 2. The highest BCUT2D eigenvalue weighted by Gasteiger charge is 2.40.